The summed E-state index contributed by atoms with van der Waals surface area (Å²) in [6.07, 6.45) is 0.349. The van der Waals surface area contributed by atoms with Crippen molar-refractivity contribution in [3.63, 3.8) is 0 Å². The minimum absolute atomic E-state index is 0.0935. The Morgan fingerprint density at radius 3 is 2.65 bits per heavy atom. The molecule has 2 aromatic rings. The predicted molar refractivity (Wildman–Crippen MR) is 59.9 cm³/mol. The van der Waals surface area contributed by atoms with Crippen LogP contribution in [0.5, 0.6) is 5.75 Å². The van der Waals surface area contributed by atoms with Gasteiger partial charge in [-0.2, -0.15) is 0 Å². The molecule has 1 heterocycles. The van der Waals surface area contributed by atoms with Crippen LogP contribution in [0.4, 0.5) is 0 Å². The van der Waals surface area contributed by atoms with E-state index >= 15 is 0 Å². The van der Waals surface area contributed by atoms with Crippen molar-refractivity contribution in [1.29, 1.82) is 0 Å². The van der Waals surface area contributed by atoms with Gasteiger partial charge in [0.15, 0.2) is 5.43 Å². The molecule has 0 spiro atoms. The second kappa shape index (κ2) is 4.00. The molecule has 7 heteroatoms. The fourth-order valence-corrected chi connectivity index (χ4v) is 2.15. The van der Waals surface area contributed by atoms with Crippen molar-refractivity contribution < 1.29 is 23.9 Å². The molecule has 0 bridgehead atoms. The Labute approximate surface area is 95.3 Å². The second-order valence-electron chi connectivity index (χ2n) is 3.59. The fraction of sp³-hybridized carbons (Fsp3) is 0.100. The zero-order valence-electron chi connectivity index (χ0n) is 8.53. The van der Waals surface area contributed by atoms with Crippen molar-refractivity contribution in [1.82, 2.24) is 0 Å². The van der Waals surface area contributed by atoms with E-state index in [-0.39, 0.29) is 22.3 Å². The first-order valence-corrected chi connectivity index (χ1v) is 6.44. The van der Waals surface area contributed by atoms with Gasteiger partial charge >= 0.3 is 7.60 Å². The Morgan fingerprint density at radius 1 is 1.29 bits per heavy atom. The first-order chi connectivity index (χ1) is 7.87. The van der Waals surface area contributed by atoms with Gasteiger partial charge < -0.3 is 19.3 Å². The Kier molecular flexibility index (Phi) is 2.79. The van der Waals surface area contributed by atoms with E-state index in [1.54, 1.807) is 0 Å². The van der Waals surface area contributed by atoms with E-state index in [1.165, 1.54) is 18.2 Å². The Balaban J connectivity index is 2.65. The molecule has 1 aromatic carbocycles. The van der Waals surface area contributed by atoms with E-state index in [0.29, 0.717) is 0 Å². The second-order valence-corrected chi connectivity index (χ2v) is 5.24. The summed E-state index contributed by atoms with van der Waals surface area (Å²) in [7, 11) is -4.33. The maximum absolute atomic E-state index is 11.8. The molecule has 0 unspecified atom stereocenters. The van der Waals surface area contributed by atoms with Gasteiger partial charge in [0, 0.05) is 5.56 Å². The number of rotatable bonds is 2. The topological polar surface area (TPSA) is 108 Å². The third kappa shape index (κ3) is 2.55. The normalized spacial score (nSPS) is 11.9. The molecule has 0 fully saturated rings. The van der Waals surface area contributed by atoms with Gasteiger partial charge in [-0.1, -0.05) is 0 Å². The van der Waals surface area contributed by atoms with Crippen molar-refractivity contribution in [2.75, 3.05) is 0 Å². The van der Waals surface area contributed by atoms with E-state index in [9.17, 15) is 14.5 Å². The highest BCUT2D eigenvalue weighted by Gasteiger charge is 2.18. The number of aromatic hydroxyl groups is 1. The summed E-state index contributed by atoms with van der Waals surface area (Å²) in [5.74, 6) is -0.113. The molecule has 17 heavy (non-hydrogen) atoms. The van der Waals surface area contributed by atoms with Gasteiger partial charge in [0.05, 0.1) is 17.8 Å². The molecule has 0 amide bonds. The predicted octanol–water partition coefficient (Wildman–Crippen LogP) is 1.18. The monoisotopic (exact) mass is 256 g/mol. The first kappa shape index (κ1) is 11.9. The van der Waals surface area contributed by atoms with Crippen LogP contribution < -0.4 is 5.43 Å². The quantitative estimate of drug-likeness (QED) is 0.696. The fourth-order valence-electron chi connectivity index (χ4n) is 1.49. The highest BCUT2D eigenvalue weighted by Crippen LogP contribution is 2.38. The van der Waals surface area contributed by atoms with E-state index in [4.69, 9.17) is 14.2 Å². The molecule has 90 valence electrons. The SMILES string of the molecule is O=c1c(CP(=O)(O)O)coc2ccc(O)cc12. The molecule has 3 N–H and O–H groups in total. The largest absolute Gasteiger partial charge is 0.508 e. The van der Waals surface area contributed by atoms with Gasteiger partial charge in [0.1, 0.15) is 11.3 Å². The van der Waals surface area contributed by atoms with Crippen LogP contribution in [-0.2, 0) is 10.7 Å². The lowest BCUT2D eigenvalue weighted by Gasteiger charge is -2.04. The van der Waals surface area contributed by atoms with Crippen LogP contribution in [0, 0.1) is 0 Å². The zero-order chi connectivity index (χ0) is 12.6. The maximum Gasteiger partial charge on any atom is 0.330 e. The summed E-state index contributed by atoms with van der Waals surface area (Å²) < 4.78 is 15.9. The lowest BCUT2D eigenvalue weighted by atomic mass is 10.2. The molecule has 0 aliphatic rings. The van der Waals surface area contributed by atoms with Gasteiger partial charge in [-0.05, 0) is 18.2 Å². The van der Waals surface area contributed by atoms with Crippen LogP contribution in [-0.4, -0.2) is 14.9 Å². The molecule has 0 aliphatic heterocycles. The van der Waals surface area contributed by atoms with Gasteiger partial charge in [-0.25, -0.2) is 0 Å². The number of phenolic OH excluding ortho intramolecular Hbond substituents is 1. The maximum atomic E-state index is 11.8. The number of phenols is 1. The van der Waals surface area contributed by atoms with Crippen molar-refractivity contribution in [3.05, 3.63) is 40.2 Å². The Hall–Kier alpha value is -1.62. The van der Waals surface area contributed by atoms with Crippen LogP contribution >= 0.6 is 7.60 Å². The van der Waals surface area contributed by atoms with E-state index in [1.807, 2.05) is 0 Å². The molecule has 6 nitrogen and oxygen atoms in total. The number of fused-ring (bicyclic) bond motifs is 1. The molecular weight excluding hydrogens is 247 g/mol. The average molecular weight is 256 g/mol. The molecular formula is C10H9O6P. The van der Waals surface area contributed by atoms with Crippen LogP contribution in [0.25, 0.3) is 11.0 Å². The third-order valence-electron chi connectivity index (χ3n) is 2.20. The van der Waals surface area contributed by atoms with Crippen LogP contribution in [0.2, 0.25) is 0 Å². The van der Waals surface area contributed by atoms with E-state index in [2.05, 4.69) is 0 Å². The van der Waals surface area contributed by atoms with Crippen LogP contribution in [0.1, 0.15) is 5.56 Å². The van der Waals surface area contributed by atoms with Gasteiger partial charge in [-0.15, -0.1) is 0 Å². The van der Waals surface area contributed by atoms with Gasteiger partial charge in [0.2, 0.25) is 0 Å². The molecule has 0 saturated carbocycles. The molecule has 0 saturated heterocycles. The summed E-state index contributed by atoms with van der Waals surface area (Å²) in [4.78, 5) is 29.5. The highest BCUT2D eigenvalue weighted by atomic mass is 31.2. The molecule has 0 atom stereocenters. The van der Waals surface area contributed by atoms with Crippen LogP contribution in [0.3, 0.4) is 0 Å². The summed E-state index contributed by atoms with van der Waals surface area (Å²) in [6, 6.07) is 3.96. The smallest absolute Gasteiger partial charge is 0.330 e. The summed E-state index contributed by atoms with van der Waals surface area (Å²) in [6.45, 7) is 0. The standard InChI is InChI=1S/C10H9O6P/c11-7-1-2-9-8(3-7)10(12)6(4-16-9)5-17(13,14)15/h1-4,11H,5H2,(H2,13,14,15). The minimum Gasteiger partial charge on any atom is -0.508 e. The molecule has 0 aliphatic carbocycles. The van der Waals surface area contributed by atoms with E-state index in [0.717, 1.165) is 6.26 Å². The van der Waals surface area contributed by atoms with Crippen LogP contribution in [0.15, 0.2) is 33.7 Å². The lowest BCUT2D eigenvalue weighted by Crippen LogP contribution is -2.08. The summed E-state index contributed by atoms with van der Waals surface area (Å²) in [5, 5.41) is 9.34. The van der Waals surface area contributed by atoms with Crippen molar-refractivity contribution in [2.45, 2.75) is 6.16 Å². The number of benzene rings is 1. The van der Waals surface area contributed by atoms with Crippen molar-refractivity contribution in [2.24, 2.45) is 0 Å². The molecule has 1 aromatic heterocycles. The first-order valence-electron chi connectivity index (χ1n) is 4.65. The average Bonchev–Trinajstić information content (AvgIpc) is 2.21. The molecule has 0 radical (unpaired) electrons. The van der Waals surface area contributed by atoms with Gasteiger partial charge in [-0.3, -0.25) is 9.36 Å². The highest BCUT2D eigenvalue weighted by molar-refractivity contribution is 7.50. The van der Waals surface area contributed by atoms with Crippen molar-refractivity contribution >= 4 is 18.6 Å². The van der Waals surface area contributed by atoms with Crippen molar-refractivity contribution in [3.8, 4) is 5.75 Å². The number of hydrogen-bond acceptors (Lipinski definition) is 4. The third-order valence-corrected chi connectivity index (χ3v) is 2.96. The lowest BCUT2D eigenvalue weighted by molar-refractivity contribution is 0.371. The summed E-state index contributed by atoms with van der Waals surface area (Å²) >= 11 is 0. The Morgan fingerprint density at radius 2 is 2.00 bits per heavy atom. The van der Waals surface area contributed by atoms with E-state index < -0.39 is 19.2 Å². The zero-order valence-corrected chi connectivity index (χ0v) is 9.42. The molecule has 2 rings (SSSR count). The Bertz CT molecular complexity index is 668. The van der Waals surface area contributed by atoms with Gasteiger partial charge in [0.25, 0.3) is 0 Å². The number of hydrogen-bond donors (Lipinski definition) is 3. The summed E-state index contributed by atoms with van der Waals surface area (Å²) in [5.41, 5.74) is -0.413. The minimum atomic E-state index is -4.33.